The third-order valence-corrected chi connectivity index (χ3v) is 3.90. The first-order valence-corrected chi connectivity index (χ1v) is 9.73. The predicted octanol–water partition coefficient (Wildman–Crippen LogP) is 2.06. The van der Waals surface area contributed by atoms with Gasteiger partial charge in [0.1, 0.15) is 7.28 Å². The number of piperazine rings is 1. The molecule has 25 heavy (non-hydrogen) atoms. The molecule has 0 bridgehead atoms. The number of ether oxygens (including phenoxy) is 1. The first kappa shape index (κ1) is 22.2. The molecule has 0 unspecified atom stereocenters. The van der Waals surface area contributed by atoms with E-state index in [0.717, 1.165) is 57.9 Å². The van der Waals surface area contributed by atoms with Crippen LogP contribution >= 0.6 is 0 Å². The van der Waals surface area contributed by atoms with Crippen LogP contribution < -0.4 is 0 Å². The van der Waals surface area contributed by atoms with Crippen molar-refractivity contribution < 1.29 is 4.74 Å². The van der Waals surface area contributed by atoms with Crippen LogP contribution in [0.3, 0.4) is 0 Å². The molecule has 0 saturated carbocycles. The third-order valence-electron chi connectivity index (χ3n) is 3.90. The smallest absolute Gasteiger partial charge is 0.211 e. The molecule has 1 aliphatic rings. The van der Waals surface area contributed by atoms with Gasteiger partial charge in [-0.1, -0.05) is 51.9 Å². The third kappa shape index (κ3) is 9.42. The van der Waals surface area contributed by atoms with Crippen LogP contribution in [-0.2, 0) is 17.8 Å². The van der Waals surface area contributed by atoms with Crippen LogP contribution in [0.5, 0.6) is 0 Å². The summed E-state index contributed by atoms with van der Waals surface area (Å²) >= 11 is 0. The van der Waals surface area contributed by atoms with Crippen molar-refractivity contribution in [3.63, 3.8) is 0 Å². The summed E-state index contributed by atoms with van der Waals surface area (Å²) in [6.07, 6.45) is 3.05. The molecule has 0 N–H and O–H groups in total. The van der Waals surface area contributed by atoms with E-state index in [1.54, 1.807) is 0 Å². The predicted molar refractivity (Wildman–Crippen MR) is 106 cm³/mol. The first-order valence-electron chi connectivity index (χ1n) is 9.73. The van der Waals surface area contributed by atoms with Crippen LogP contribution in [0, 0.1) is 0 Å². The van der Waals surface area contributed by atoms with E-state index in [4.69, 9.17) is 4.74 Å². The summed E-state index contributed by atoms with van der Waals surface area (Å²) in [7, 11) is 4.45. The van der Waals surface area contributed by atoms with E-state index in [2.05, 4.69) is 48.6 Å². The van der Waals surface area contributed by atoms with E-state index < -0.39 is 0 Å². The van der Waals surface area contributed by atoms with Gasteiger partial charge in [-0.3, -0.25) is 4.90 Å². The maximum absolute atomic E-state index is 5.54. The topological polar surface area (TPSA) is 46.4 Å². The Labute approximate surface area is 155 Å². The average Bonchev–Trinajstić information content (AvgIpc) is 3.05. The fraction of sp³-hybridized carbons (Fsp3) is 0.882. The van der Waals surface area contributed by atoms with E-state index in [9.17, 15) is 0 Å². The van der Waals surface area contributed by atoms with Crippen LogP contribution in [0.2, 0.25) is 19.0 Å². The van der Waals surface area contributed by atoms with Gasteiger partial charge in [-0.2, -0.15) is 0 Å². The molecule has 1 aromatic heterocycles. The summed E-state index contributed by atoms with van der Waals surface area (Å²) in [5.41, 5.74) is 1.05. The van der Waals surface area contributed by atoms with Gasteiger partial charge in [0.15, 0.2) is 0 Å². The molecule has 8 heteroatoms. The maximum Gasteiger partial charge on any atom is 0.211 e. The van der Waals surface area contributed by atoms with Crippen molar-refractivity contribution in [2.45, 2.75) is 59.7 Å². The van der Waals surface area contributed by atoms with Gasteiger partial charge in [-0.15, -0.1) is 5.10 Å². The maximum atomic E-state index is 5.54. The molecule has 1 aromatic rings. The Morgan fingerprint density at radius 1 is 1.16 bits per heavy atom. The van der Waals surface area contributed by atoms with E-state index in [-0.39, 0.29) is 0 Å². The van der Waals surface area contributed by atoms with Gasteiger partial charge >= 0.3 is 0 Å². The minimum atomic E-state index is 0.624. The van der Waals surface area contributed by atoms with Crippen molar-refractivity contribution >= 4 is 14.7 Å². The van der Waals surface area contributed by atoms with Crippen LogP contribution in [-0.4, -0.2) is 78.8 Å². The summed E-state index contributed by atoms with van der Waals surface area (Å²) in [4.78, 5) is 4.88. The fourth-order valence-electron chi connectivity index (χ4n) is 2.70. The normalized spacial score (nSPS) is 15.8. The minimum absolute atomic E-state index is 0.624. The molecule has 1 fully saturated rings. The molecule has 0 spiro atoms. The lowest BCUT2D eigenvalue weighted by molar-refractivity contribution is 0.136. The second-order valence-electron chi connectivity index (χ2n) is 6.49. The van der Waals surface area contributed by atoms with Crippen LogP contribution in [0.25, 0.3) is 0 Å². The molecule has 1 saturated heterocycles. The second-order valence-corrected chi connectivity index (χ2v) is 6.49. The molecule has 0 aromatic carbocycles. The fourth-order valence-corrected chi connectivity index (χ4v) is 2.70. The van der Waals surface area contributed by atoms with Crippen LogP contribution in [0.4, 0.5) is 0 Å². The van der Waals surface area contributed by atoms with E-state index >= 15 is 0 Å². The summed E-state index contributed by atoms with van der Waals surface area (Å²) < 4.78 is 7.42. The standard InChI is InChI=1S/C15H29B2N5O.C2H6/c1-14(2)17-21-7-5-20(6-8-21)12-15-13-22(19-18-15)9-11-23-10-4-16-3;1-2/h13-14H,4-12H2,1-3H3;1-2H3. The Kier molecular flexibility index (Phi) is 11.9. The van der Waals surface area contributed by atoms with Crippen molar-refractivity contribution in [1.82, 2.24) is 24.7 Å². The average molecular weight is 347 g/mol. The molecule has 140 valence electrons. The lowest BCUT2D eigenvalue weighted by Gasteiger charge is -2.34. The number of hydrogen-bond acceptors (Lipinski definition) is 5. The Hall–Kier alpha value is -0.850. The summed E-state index contributed by atoms with van der Waals surface area (Å²) in [5.74, 6) is 0.624. The van der Waals surface area contributed by atoms with Crippen LogP contribution in [0.1, 0.15) is 33.4 Å². The zero-order chi connectivity index (χ0) is 18.5. The lowest BCUT2D eigenvalue weighted by atomic mass is 9.76. The molecule has 2 radical (unpaired) electrons. The number of aromatic nitrogens is 3. The second kappa shape index (κ2) is 13.4. The van der Waals surface area contributed by atoms with Gasteiger partial charge in [0, 0.05) is 32.4 Å². The highest BCUT2D eigenvalue weighted by Gasteiger charge is 2.19. The number of hydrogen-bond donors (Lipinski definition) is 0. The molecule has 1 aliphatic heterocycles. The minimum Gasteiger partial charge on any atom is -0.380 e. The summed E-state index contributed by atoms with van der Waals surface area (Å²) in [6, 6.07) is 0. The van der Waals surface area contributed by atoms with Gasteiger partial charge < -0.3 is 9.55 Å². The molecule has 2 heterocycles. The van der Waals surface area contributed by atoms with Crippen LogP contribution in [0.15, 0.2) is 6.20 Å². The molecule has 0 amide bonds. The van der Waals surface area contributed by atoms with Gasteiger partial charge in [0.25, 0.3) is 0 Å². The quantitative estimate of drug-likeness (QED) is 0.479. The van der Waals surface area contributed by atoms with Crippen molar-refractivity contribution in [3.05, 3.63) is 11.9 Å². The highest BCUT2D eigenvalue weighted by molar-refractivity contribution is 6.34. The van der Waals surface area contributed by atoms with E-state index in [0.29, 0.717) is 12.4 Å². The molecule has 2 rings (SSSR count). The Bertz CT molecular complexity index is 436. The van der Waals surface area contributed by atoms with Gasteiger partial charge in [0.05, 0.1) is 18.8 Å². The Morgan fingerprint density at radius 2 is 1.88 bits per heavy atom. The van der Waals surface area contributed by atoms with Gasteiger partial charge in [0.2, 0.25) is 7.41 Å². The first-order chi connectivity index (χ1) is 12.2. The number of nitrogens with zero attached hydrogens (tertiary/aromatic N) is 5. The molecule has 6 nitrogen and oxygen atoms in total. The van der Waals surface area contributed by atoms with Crippen molar-refractivity contribution in [1.29, 1.82) is 0 Å². The van der Waals surface area contributed by atoms with Gasteiger partial charge in [-0.05, 0) is 13.1 Å². The summed E-state index contributed by atoms with van der Waals surface area (Å²) in [5, 5.41) is 8.47. The highest BCUT2D eigenvalue weighted by atomic mass is 16.5. The van der Waals surface area contributed by atoms with Gasteiger partial charge in [-0.25, -0.2) is 4.68 Å². The lowest BCUT2D eigenvalue weighted by Crippen LogP contribution is -2.47. The number of rotatable bonds is 10. The van der Waals surface area contributed by atoms with Crippen molar-refractivity contribution in [2.75, 3.05) is 39.4 Å². The van der Waals surface area contributed by atoms with E-state index in [1.165, 1.54) is 0 Å². The zero-order valence-corrected chi connectivity index (χ0v) is 16.8. The molecular formula is C17H35B2N5O. The van der Waals surface area contributed by atoms with Crippen molar-refractivity contribution in [2.24, 2.45) is 0 Å². The van der Waals surface area contributed by atoms with E-state index in [1.807, 2.05) is 31.5 Å². The summed E-state index contributed by atoms with van der Waals surface area (Å²) in [6.45, 7) is 18.0. The largest absolute Gasteiger partial charge is 0.380 e. The highest BCUT2D eigenvalue weighted by Crippen LogP contribution is 2.09. The molecule has 0 aliphatic carbocycles. The SMILES string of the molecule is CC.C[B]CCOCCn1cc(CN2CCN([B]C(C)C)CC2)nn1. The molecule has 0 atom stereocenters. The Balaban J connectivity index is 0.00000151. The monoisotopic (exact) mass is 347 g/mol. The van der Waals surface area contributed by atoms with Crippen molar-refractivity contribution in [3.8, 4) is 0 Å². The Morgan fingerprint density at radius 3 is 2.52 bits per heavy atom. The zero-order valence-electron chi connectivity index (χ0n) is 16.8. The molecular weight excluding hydrogens is 312 g/mol.